The van der Waals surface area contributed by atoms with E-state index in [4.69, 9.17) is 5.26 Å². The summed E-state index contributed by atoms with van der Waals surface area (Å²) < 4.78 is 13.8. The number of pyridine rings is 1. The fourth-order valence-electron chi connectivity index (χ4n) is 2.43. The van der Waals surface area contributed by atoms with Gasteiger partial charge in [0.15, 0.2) is 0 Å². The second kappa shape index (κ2) is 7.77. The van der Waals surface area contributed by atoms with Crippen LogP contribution in [0.25, 0.3) is 10.9 Å². The summed E-state index contributed by atoms with van der Waals surface area (Å²) in [4.78, 5) is 16.3. The SMILES string of the molecule is N#Cc1cccc(NC(=O)CSCc2ccc(F)c3cccnc23)c1. The number of nitrogens with one attached hydrogen (secondary N) is 1. The van der Waals surface area contributed by atoms with E-state index in [-0.39, 0.29) is 17.5 Å². The van der Waals surface area contributed by atoms with Crippen LogP contribution in [0.4, 0.5) is 10.1 Å². The lowest BCUT2D eigenvalue weighted by Crippen LogP contribution is -2.14. The van der Waals surface area contributed by atoms with E-state index in [2.05, 4.69) is 10.3 Å². The number of aromatic nitrogens is 1. The Morgan fingerprint density at radius 2 is 2.12 bits per heavy atom. The zero-order chi connectivity index (χ0) is 17.6. The van der Waals surface area contributed by atoms with E-state index >= 15 is 0 Å². The van der Waals surface area contributed by atoms with E-state index in [1.807, 2.05) is 6.07 Å². The average molecular weight is 351 g/mol. The molecule has 2 aromatic carbocycles. The fraction of sp³-hybridized carbons (Fsp3) is 0.105. The minimum absolute atomic E-state index is 0.153. The first-order chi connectivity index (χ1) is 12.2. The third kappa shape index (κ3) is 4.14. The molecule has 1 aromatic heterocycles. The lowest BCUT2D eigenvalue weighted by atomic mass is 10.1. The molecule has 0 aliphatic heterocycles. The number of nitriles is 1. The lowest BCUT2D eigenvalue weighted by Gasteiger charge is -2.07. The standard InChI is InChI=1S/C19H14FN3OS/c20-17-7-6-14(19-16(17)5-2-8-22-19)11-25-12-18(24)23-15-4-1-3-13(9-15)10-21/h1-9H,11-12H2,(H,23,24). The molecule has 0 unspecified atom stereocenters. The van der Waals surface area contributed by atoms with Gasteiger partial charge in [0.25, 0.3) is 0 Å². The molecule has 0 bridgehead atoms. The Morgan fingerprint density at radius 3 is 2.96 bits per heavy atom. The molecule has 3 aromatic rings. The molecule has 4 nitrogen and oxygen atoms in total. The molecule has 25 heavy (non-hydrogen) atoms. The summed E-state index contributed by atoms with van der Waals surface area (Å²) in [7, 11) is 0. The van der Waals surface area contributed by atoms with Gasteiger partial charge in [0.2, 0.25) is 5.91 Å². The molecule has 0 aliphatic rings. The number of rotatable bonds is 5. The molecule has 1 amide bonds. The minimum atomic E-state index is -0.299. The summed E-state index contributed by atoms with van der Waals surface area (Å²) in [5.74, 6) is 0.355. The highest BCUT2D eigenvalue weighted by atomic mass is 32.2. The Labute approximate surface area is 148 Å². The number of hydrogen-bond donors (Lipinski definition) is 1. The van der Waals surface area contributed by atoms with Crippen LogP contribution in [0.2, 0.25) is 0 Å². The van der Waals surface area contributed by atoms with Gasteiger partial charge in [-0.3, -0.25) is 9.78 Å². The third-order valence-corrected chi connectivity index (χ3v) is 4.55. The normalized spacial score (nSPS) is 10.4. The van der Waals surface area contributed by atoms with Crippen molar-refractivity contribution in [1.29, 1.82) is 5.26 Å². The van der Waals surface area contributed by atoms with Crippen LogP contribution in [-0.2, 0) is 10.5 Å². The van der Waals surface area contributed by atoms with Crippen molar-refractivity contribution < 1.29 is 9.18 Å². The summed E-state index contributed by atoms with van der Waals surface area (Å²) in [6.45, 7) is 0. The Kier molecular flexibility index (Phi) is 5.26. The number of halogens is 1. The molecule has 0 fully saturated rings. The first-order valence-corrected chi connectivity index (χ1v) is 8.73. The molecule has 0 saturated heterocycles. The highest BCUT2D eigenvalue weighted by molar-refractivity contribution is 7.99. The average Bonchev–Trinajstić information content (AvgIpc) is 2.64. The quantitative estimate of drug-likeness (QED) is 0.751. The van der Waals surface area contributed by atoms with Crippen LogP contribution in [0, 0.1) is 17.1 Å². The predicted octanol–water partition coefficient (Wildman–Crippen LogP) is 4.12. The van der Waals surface area contributed by atoms with E-state index in [0.29, 0.717) is 27.9 Å². The van der Waals surface area contributed by atoms with Crippen LogP contribution in [-0.4, -0.2) is 16.6 Å². The van der Waals surface area contributed by atoms with Crippen LogP contribution in [0.5, 0.6) is 0 Å². The van der Waals surface area contributed by atoms with Crippen LogP contribution in [0.15, 0.2) is 54.7 Å². The maximum atomic E-state index is 13.8. The molecule has 124 valence electrons. The number of benzene rings is 2. The summed E-state index contributed by atoms with van der Waals surface area (Å²) in [5.41, 5.74) is 2.60. The van der Waals surface area contributed by atoms with Gasteiger partial charge >= 0.3 is 0 Å². The van der Waals surface area contributed by atoms with Crippen molar-refractivity contribution in [3.63, 3.8) is 0 Å². The molecule has 6 heteroatoms. The highest BCUT2D eigenvalue weighted by Gasteiger charge is 2.08. The summed E-state index contributed by atoms with van der Waals surface area (Å²) in [5, 5.41) is 12.1. The zero-order valence-corrected chi connectivity index (χ0v) is 14.0. The van der Waals surface area contributed by atoms with E-state index < -0.39 is 0 Å². The maximum Gasteiger partial charge on any atom is 0.234 e. The van der Waals surface area contributed by atoms with Gasteiger partial charge in [-0.25, -0.2) is 4.39 Å². The predicted molar refractivity (Wildman–Crippen MR) is 97.6 cm³/mol. The van der Waals surface area contributed by atoms with Gasteiger partial charge in [-0.15, -0.1) is 11.8 Å². The molecule has 0 radical (unpaired) electrons. The minimum Gasteiger partial charge on any atom is -0.325 e. The van der Waals surface area contributed by atoms with E-state index in [1.54, 1.807) is 48.7 Å². The molecular weight excluding hydrogens is 337 g/mol. The van der Waals surface area contributed by atoms with E-state index in [1.165, 1.54) is 17.8 Å². The summed E-state index contributed by atoms with van der Waals surface area (Å²) in [6, 6.07) is 15.3. The van der Waals surface area contributed by atoms with Gasteiger partial charge in [-0.1, -0.05) is 12.1 Å². The maximum absolute atomic E-state index is 13.8. The summed E-state index contributed by atoms with van der Waals surface area (Å²) >= 11 is 1.42. The first-order valence-electron chi connectivity index (χ1n) is 7.57. The van der Waals surface area contributed by atoms with Crippen LogP contribution in [0.1, 0.15) is 11.1 Å². The smallest absolute Gasteiger partial charge is 0.234 e. The van der Waals surface area contributed by atoms with E-state index in [0.717, 1.165) is 5.56 Å². The molecule has 1 N–H and O–H groups in total. The number of carbonyl (C=O) groups is 1. The van der Waals surface area contributed by atoms with Gasteiger partial charge < -0.3 is 5.32 Å². The van der Waals surface area contributed by atoms with Gasteiger partial charge in [0, 0.05) is 23.0 Å². The number of fused-ring (bicyclic) bond motifs is 1. The van der Waals surface area contributed by atoms with Crippen LogP contribution in [0.3, 0.4) is 0 Å². The molecule has 0 spiro atoms. The second-order valence-corrected chi connectivity index (χ2v) is 6.33. The highest BCUT2D eigenvalue weighted by Crippen LogP contribution is 2.23. The molecule has 3 rings (SSSR count). The lowest BCUT2D eigenvalue weighted by molar-refractivity contribution is -0.113. The van der Waals surface area contributed by atoms with Gasteiger partial charge in [-0.2, -0.15) is 5.26 Å². The van der Waals surface area contributed by atoms with Crippen molar-refractivity contribution in [3.05, 3.63) is 71.7 Å². The third-order valence-electron chi connectivity index (χ3n) is 3.57. The molecule has 0 saturated carbocycles. The van der Waals surface area contributed by atoms with Crippen molar-refractivity contribution in [1.82, 2.24) is 4.98 Å². The Balaban J connectivity index is 1.60. The van der Waals surface area contributed by atoms with Crippen LogP contribution >= 0.6 is 11.8 Å². The van der Waals surface area contributed by atoms with Crippen molar-refractivity contribution in [2.45, 2.75) is 5.75 Å². The van der Waals surface area contributed by atoms with Crippen molar-refractivity contribution in [2.24, 2.45) is 0 Å². The van der Waals surface area contributed by atoms with Gasteiger partial charge in [0.05, 0.1) is 22.9 Å². The Morgan fingerprint density at radius 1 is 1.24 bits per heavy atom. The van der Waals surface area contributed by atoms with Crippen molar-refractivity contribution in [3.8, 4) is 6.07 Å². The van der Waals surface area contributed by atoms with Crippen molar-refractivity contribution in [2.75, 3.05) is 11.1 Å². The molecule has 1 heterocycles. The first kappa shape index (κ1) is 16.9. The topological polar surface area (TPSA) is 65.8 Å². The number of thioether (sulfide) groups is 1. The second-order valence-electron chi connectivity index (χ2n) is 5.34. The number of hydrogen-bond acceptors (Lipinski definition) is 4. The molecule has 0 aliphatic carbocycles. The van der Waals surface area contributed by atoms with Gasteiger partial charge in [-0.05, 0) is 42.0 Å². The zero-order valence-electron chi connectivity index (χ0n) is 13.2. The number of anilines is 1. The van der Waals surface area contributed by atoms with E-state index in [9.17, 15) is 9.18 Å². The Hall–Kier alpha value is -2.91. The molecular formula is C19H14FN3OS. The number of carbonyl (C=O) groups excluding carboxylic acids is 1. The number of nitrogens with zero attached hydrogens (tertiary/aromatic N) is 2. The van der Waals surface area contributed by atoms with Crippen molar-refractivity contribution >= 4 is 34.3 Å². The van der Waals surface area contributed by atoms with Gasteiger partial charge in [0.1, 0.15) is 5.82 Å². The summed E-state index contributed by atoms with van der Waals surface area (Å²) in [6.07, 6.45) is 1.63. The van der Waals surface area contributed by atoms with Crippen LogP contribution < -0.4 is 5.32 Å². The molecule has 0 atom stereocenters. The largest absolute Gasteiger partial charge is 0.325 e. The number of amides is 1. The Bertz CT molecular complexity index is 968. The fourth-order valence-corrected chi connectivity index (χ4v) is 3.24. The monoisotopic (exact) mass is 351 g/mol.